The van der Waals surface area contributed by atoms with Crippen LogP contribution in [0.4, 0.5) is 0 Å². The lowest BCUT2D eigenvalue weighted by Gasteiger charge is -2.22. The number of carbonyl (C=O) groups is 2. The van der Waals surface area contributed by atoms with E-state index in [9.17, 15) is 9.59 Å². The van der Waals surface area contributed by atoms with E-state index in [0.29, 0.717) is 12.8 Å². The molecule has 0 rings (SSSR count). The molecule has 6 nitrogen and oxygen atoms in total. The normalized spacial score (nSPS) is 12.7. The summed E-state index contributed by atoms with van der Waals surface area (Å²) in [6, 6.07) is 0. The fraction of sp³-hybridized carbons (Fsp3) is 0.957. The molecule has 0 saturated carbocycles. The van der Waals surface area contributed by atoms with E-state index in [1.807, 2.05) is 0 Å². The van der Waals surface area contributed by atoms with Crippen LogP contribution in [-0.2, 0) is 19.1 Å². The summed E-state index contributed by atoms with van der Waals surface area (Å²) < 4.78 is 11.3. The van der Waals surface area contributed by atoms with Crippen molar-refractivity contribution in [1.82, 2.24) is 10.2 Å². The Labute approximate surface area is 331 Å². The number of esters is 2. The molecule has 0 heterocycles. The van der Waals surface area contributed by atoms with E-state index in [4.69, 9.17) is 9.47 Å². The van der Waals surface area contributed by atoms with Gasteiger partial charge in [-0.25, -0.2) is 0 Å². The monoisotopic (exact) mass is 751 g/mol. The van der Waals surface area contributed by atoms with Gasteiger partial charge in [0.25, 0.3) is 0 Å². The Hall–Kier alpha value is -1.14. The summed E-state index contributed by atoms with van der Waals surface area (Å²) in [5, 5.41) is 3.33. The van der Waals surface area contributed by atoms with E-state index in [2.05, 4.69) is 45.0 Å². The minimum Gasteiger partial charge on any atom is -0.463 e. The lowest BCUT2D eigenvalue weighted by Crippen LogP contribution is -2.32. The highest BCUT2D eigenvalue weighted by Gasteiger charge is 2.11. The van der Waals surface area contributed by atoms with Crippen LogP contribution in [0.2, 0.25) is 0 Å². The molecule has 0 aromatic carbocycles. The molecule has 316 valence electrons. The third kappa shape index (κ3) is 40.3. The van der Waals surface area contributed by atoms with Gasteiger partial charge in [0, 0.05) is 25.9 Å². The molecule has 0 aliphatic heterocycles. The molecule has 0 aliphatic rings. The smallest absolute Gasteiger partial charge is 0.306 e. The van der Waals surface area contributed by atoms with Crippen LogP contribution < -0.4 is 5.32 Å². The molecule has 2 atom stereocenters. The first-order valence-corrected chi connectivity index (χ1v) is 23.7. The second-order valence-corrected chi connectivity index (χ2v) is 16.5. The molecule has 53 heavy (non-hydrogen) atoms. The number of nitrogens with one attached hydrogen (secondary N) is 1. The van der Waals surface area contributed by atoms with E-state index in [1.54, 1.807) is 0 Å². The van der Waals surface area contributed by atoms with Gasteiger partial charge >= 0.3 is 11.9 Å². The van der Waals surface area contributed by atoms with Gasteiger partial charge in [-0.05, 0) is 85.4 Å². The van der Waals surface area contributed by atoms with Crippen molar-refractivity contribution in [3.8, 4) is 0 Å². The summed E-state index contributed by atoms with van der Waals surface area (Å²) >= 11 is 0. The van der Waals surface area contributed by atoms with Crippen molar-refractivity contribution in [3.63, 3.8) is 0 Å². The average Bonchev–Trinajstić information content (AvgIpc) is 3.14. The summed E-state index contributed by atoms with van der Waals surface area (Å²) in [4.78, 5) is 27.1. The predicted molar refractivity (Wildman–Crippen MR) is 230 cm³/mol. The van der Waals surface area contributed by atoms with Crippen LogP contribution >= 0.6 is 0 Å². The predicted octanol–water partition coefficient (Wildman–Crippen LogP) is 13.7. The maximum absolute atomic E-state index is 12.2. The van der Waals surface area contributed by atoms with Gasteiger partial charge in [-0.15, -0.1) is 0 Å². The maximum Gasteiger partial charge on any atom is 0.306 e. The molecule has 6 heteroatoms. The SMILES string of the molecule is CCCCCCCCCCC(C)OC(=O)CCCCCCCCCN(CCCCCCCCCC(=O)OC(C)CCCCCCCCCC)CCNC. The van der Waals surface area contributed by atoms with Crippen LogP contribution in [0.3, 0.4) is 0 Å². The Balaban J connectivity index is 3.69. The van der Waals surface area contributed by atoms with Gasteiger partial charge in [-0.3, -0.25) is 9.59 Å². The second kappa shape index (κ2) is 42.0. The Bertz CT molecular complexity index is 705. The van der Waals surface area contributed by atoms with E-state index in [1.165, 1.54) is 180 Å². The number of rotatable bonds is 43. The maximum atomic E-state index is 12.2. The number of ether oxygens (including phenoxy) is 2. The van der Waals surface area contributed by atoms with Crippen LogP contribution in [0.25, 0.3) is 0 Å². The Morgan fingerprint density at radius 3 is 1.08 bits per heavy atom. The number of likely N-dealkylation sites (N-methyl/N-ethyl adjacent to an activating group) is 1. The number of unbranched alkanes of at least 4 members (excludes halogenated alkanes) is 26. The molecule has 0 spiro atoms. The third-order valence-corrected chi connectivity index (χ3v) is 11.0. The fourth-order valence-corrected chi connectivity index (χ4v) is 7.40. The van der Waals surface area contributed by atoms with Gasteiger partial charge in [0.1, 0.15) is 0 Å². The lowest BCUT2D eigenvalue weighted by molar-refractivity contribution is -0.149. The van der Waals surface area contributed by atoms with Crippen LogP contribution in [-0.4, -0.2) is 62.3 Å². The standard InChI is InChI=1S/C47H94N2O4/c1-6-8-10-12-14-18-24-30-36-44(3)52-46(50)38-32-26-20-16-22-28-34-41-49(43-40-48-5)42-35-29-23-17-21-27-33-39-47(51)53-45(4)37-31-25-19-15-13-11-9-7-2/h44-45,48H,6-43H2,1-5H3. The Morgan fingerprint density at radius 2 is 0.736 bits per heavy atom. The summed E-state index contributed by atoms with van der Waals surface area (Å²) in [5.74, 6) is 0.00350. The van der Waals surface area contributed by atoms with Crippen LogP contribution in [0.1, 0.15) is 246 Å². The van der Waals surface area contributed by atoms with E-state index in [0.717, 1.165) is 51.6 Å². The van der Waals surface area contributed by atoms with Crippen LogP contribution in [0, 0.1) is 0 Å². The van der Waals surface area contributed by atoms with Gasteiger partial charge < -0.3 is 19.7 Å². The first-order valence-electron chi connectivity index (χ1n) is 23.7. The van der Waals surface area contributed by atoms with Gasteiger partial charge in [0.2, 0.25) is 0 Å². The van der Waals surface area contributed by atoms with Crippen molar-refractivity contribution < 1.29 is 19.1 Å². The minimum atomic E-state index is 0.00175. The summed E-state index contributed by atoms with van der Waals surface area (Å²) in [5.41, 5.74) is 0. The molecule has 0 bridgehead atoms. The van der Waals surface area contributed by atoms with E-state index in [-0.39, 0.29) is 24.1 Å². The molecule has 0 aromatic heterocycles. The first-order chi connectivity index (χ1) is 25.9. The van der Waals surface area contributed by atoms with Gasteiger partial charge in [0.15, 0.2) is 0 Å². The second-order valence-electron chi connectivity index (χ2n) is 16.5. The zero-order chi connectivity index (χ0) is 38.9. The van der Waals surface area contributed by atoms with Gasteiger partial charge in [-0.1, -0.05) is 168 Å². The Kier molecular flexibility index (Phi) is 41.1. The number of hydrogen-bond acceptors (Lipinski definition) is 6. The fourth-order valence-electron chi connectivity index (χ4n) is 7.40. The van der Waals surface area contributed by atoms with Crippen molar-refractivity contribution >= 4 is 11.9 Å². The number of hydrogen-bond donors (Lipinski definition) is 1. The van der Waals surface area contributed by atoms with Crippen LogP contribution in [0.5, 0.6) is 0 Å². The molecule has 2 unspecified atom stereocenters. The molecule has 0 aliphatic carbocycles. The molecule has 0 radical (unpaired) electrons. The van der Waals surface area contributed by atoms with Crippen molar-refractivity contribution in [3.05, 3.63) is 0 Å². The molecule has 0 fully saturated rings. The third-order valence-electron chi connectivity index (χ3n) is 11.0. The lowest BCUT2D eigenvalue weighted by atomic mass is 10.1. The molecular weight excluding hydrogens is 657 g/mol. The largest absolute Gasteiger partial charge is 0.463 e. The highest BCUT2D eigenvalue weighted by molar-refractivity contribution is 5.69. The number of carbonyl (C=O) groups excluding carboxylic acids is 2. The highest BCUT2D eigenvalue weighted by atomic mass is 16.5. The zero-order valence-corrected chi connectivity index (χ0v) is 36.6. The highest BCUT2D eigenvalue weighted by Crippen LogP contribution is 2.16. The van der Waals surface area contributed by atoms with Crippen molar-refractivity contribution in [2.75, 3.05) is 33.2 Å². The topological polar surface area (TPSA) is 67.9 Å². The Morgan fingerprint density at radius 1 is 0.434 bits per heavy atom. The van der Waals surface area contributed by atoms with Crippen molar-refractivity contribution in [1.29, 1.82) is 0 Å². The summed E-state index contributed by atoms with van der Waals surface area (Å²) in [6.07, 6.45) is 41.4. The molecule has 0 saturated heterocycles. The van der Waals surface area contributed by atoms with Crippen molar-refractivity contribution in [2.45, 2.75) is 258 Å². The van der Waals surface area contributed by atoms with E-state index < -0.39 is 0 Å². The summed E-state index contributed by atoms with van der Waals surface area (Å²) in [6.45, 7) is 13.3. The average molecular weight is 751 g/mol. The summed E-state index contributed by atoms with van der Waals surface area (Å²) in [7, 11) is 2.05. The molecule has 0 aromatic rings. The van der Waals surface area contributed by atoms with Gasteiger partial charge in [0.05, 0.1) is 12.2 Å². The van der Waals surface area contributed by atoms with Crippen LogP contribution in [0.15, 0.2) is 0 Å². The number of nitrogens with zero attached hydrogens (tertiary/aromatic N) is 1. The molecule has 0 amide bonds. The van der Waals surface area contributed by atoms with Crippen molar-refractivity contribution in [2.24, 2.45) is 0 Å². The molecule has 1 N–H and O–H groups in total. The van der Waals surface area contributed by atoms with E-state index >= 15 is 0 Å². The first kappa shape index (κ1) is 51.9. The van der Waals surface area contributed by atoms with Gasteiger partial charge in [-0.2, -0.15) is 0 Å². The minimum absolute atomic E-state index is 0.00175. The zero-order valence-electron chi connectivity index (χ0n) is 36.6. The quantitative estimate of drug-likeness (QED) is 0.0494. The molecular formula is C47H94N2O4.